The summed E-state index contributed by atoms with van der Waals surface area (Å²) in [5, 5.41) is 9.81. The molecule has 30 heavy (non-hydrogen) atoms. The number of hydrogen-bond donors (Lipinski definition) is 1. The van der Waals surface area contributed by atoms with Crippen molar-refractivity contribution in [2.45, 2.75) is 25.9 Å². The molecule has 152 valence electrons. The Kier molecular flexibility index (Phi) is 5.77. The second kappa shape index (κ2) is 8.63. The highest BCUT2D eigenvalue weighted by Gasteiger charge is 2.23. The number of carboxylic acids is 1. The number of allylic oxidation sites excluding steroid dienone is 2. The quantitative estimate of drug-likeness (QED) is 0.554. The monoisotopic (exact) mass is 424 g/mol. The van der Waals surface area contributed by atoms with Gasteiger partial charge in [-0.05, 0) is 66.8 Å². The Morgan fingerprint density at radius 3 is 2.63 bits per heavy atom. The maximum absolute atomic E-state index is 13.1. The summed E-state index contributed by atoms with van der Waals surface area (Å²) in [6.45, 7) is 0.280. The highest BCUT2D eigenvalue weighted by Crippen LogP contribution is 2.42. The lowest BCUT2D eigenvalue weighted by Crippen LogP contribution is -2.04. The first-order chi connectivity index (χ1) is 14.5. The van der Waals surface area contributed by atoms with E-state index in [1.165, 1.54) is 24.4 Å². The predicted octanol–water partition coefficient (Wildman–Crippen LogP) is 5.64. The smallest absolute Gasteiger partial charge is 0.354 e. The molecule has 0 fully saturated rings. The van der Waals surface area contributed by atoms with Gasteiger partial charge in [-0.15, -0.1) is 0 Å². The fourth-order valence-corrected chi connectivity index (χ4v) is 3.69. The van der Waals surface area contributed by atoms with Gasteiger partial charge < -0.3 is 9.84 Å². The molecule has 4 rings (SSSR count). The lowest BCUT2D eigenvalue weighted by atomic mass is 10.0. The Bertz CT molecular complexity index is 1130. The normalized spacial score (nSPS) is 13.5. The molecule has 5 nitrogen and oxygen atoms in total. The Hall–Kier alpha value is -3.25. The molecule has 0 saturated heterocycles. The summed E-state index contributed by atoms with van der Waals surface area (Å²) in [5.41, 5.74) is 3.52. The summed E-state index contributed by atoms with van der Waals surface area (Å²) in [5.74, 6) is -0.334. The molecule has 0 atom stereocenters. The SMILES string of the molecule is O=C(O)c1ccnc(C2=C(c3cc(Cl)ccc3OCc3ccc(F)cc3)CCC2)n1. The molecular weight excluding hydrogens is 407 g/mol. The molecule has 1 aliphatic carbocycles. The molecule has 7 heteroatoms. The third-order valence-electron chi connectivity index (χ3n) is 4.94. The fraction of sp³-hybridized carbons (Fsp3) is 0.174. The van der Waals surface area contributed by atoms with E-state index >= 15 is 0 Å². The third-order valence-corrected chi connectivity index (χ3v) is 5.17. The van der Waals surface area contributed by atoms with Gasteiger partial charge in [0.05, 0.1) is 0 Å². The van der Waals surface area contributed by atoms with Crippen molar-refractivity contribution in [1.29, 1.82) is 0 Å². The van der Waals surface area contributed by atoms with E-state index in [2.05, 4.69) is 9.97 Å². The van der Waals surface area contributed by atoms with Gasteiger partial charge >= 0.3 is 5.97 Å². The van der Waals surface area contributed by atoms with Crippen LogP contribution in [-0.2, 0) is 6.61 Å². The van der Waals surface area contributed by atoms with Crippen molar-refractivity contribution in [3.63, 3.8) is 0 Å². The molecule has 0 amide bonds. The zero-order chi connectivity index (χ0) is 21.1. The minimum Gasteiger partial charge on any atom is -0.488 e. The van der Waals surface area contributed by atoms with Crippen molar-refractivity contribution in [2.24, 2.45) is 0 Å². The summed E-state index contributed by atoms with van der Waals surface area (Å²) >= 11 is 6.26. The van der Waals surface area contributed by atoms with Gasteiger partial charge in [-0.3, -0.25) is 0 Å². The minimum atomic E-state index is -1.09. The standard InChI is InChI=1S/C23H18ClFN2O3/c24-15-6-9-21(30-13-14-4-7-16(25)8-5-14)19(12-15)17-2-1-3-18(17)22-26-11-10-20(27-22)23(28)29/h4-12H,1-3,13H2,(H,28,29). The van der Waals surface area contributed by atoms with Gasteiger partial charge in [0.25, 0.3) is 0 Å². The van der Waals surface area contributed by atoms with Crippen molar-refractivity contribution in [3.8, 4) is 5.75 Å². The maximum atomic E-state index is 13.1. The second-order valence-electron chi connectivity index (χ2n) is 6.94. The van der Waals surface area contributed by atoms with Gasteiger partial charge in [0.2, 0.25) is 0 Å². The predicted molar refractivity (Wildman–Crippen MR) is 112 cm³/mol. The summed E-state index contributed by atoms with van der Waals surface area (Å²) in [6, 6.07) is 12.9. The molecule has 2 aromatic carbocycles. The number of hydrogen-bond acceptors (Lipinski definition) is 4. The van der Waals surface area contributed by atoms with Gasteiger partial charge in [0.15, 0.2) is 11.5 Å². The number of rotatable bonds is 6. The van der Waals surface area contributed by atoms with Gasteiger partial charge in [-0.2, -0.15) is 0 Å². The molecule has 0 spiro atoms. The average molecular weight is 425 g/mol. The molecule has 1 aliphatic rings. The van der Waals surface area contributed by atoms with Crippen LogP contribution in [0, 0.1) is 5.82 Å². The van der Waals surface area contributed by atoms with E-state index in [1.54, 1.807) is 24.3 Å². The van der Waals surface area contributed by atoms with Crippen molar-refractivity contribution >= 4 is 28.7 Å². The van der Waals surface area contributed by atoms with E-state index in [9.17, 15) is 14.3 Å². The van der Waals surface area contributed by atoms with E-state index < -0.39 is 5.97 Å². The molecule has 3 aromatic rings. The van der Waals surface area contributed by atoms with Crippen LogP contribution < -0.4 is 4.74 Å². The van der Waals surface area contributed by atoms with Crippen LogP contribution in [0.3, 0.4) is 0 Å². The van der Waals surface area contributed by atoms with Crippen molar-refractivity contribution in [2.75, 3.05) is 0 Å². The van der Waals surface area contributed by atoms with Crippen LogP contribution >= 0.6 is 11.6 Å². The molecule has 0 unspecified atom stereocenters. The van der Waals surface area contributed by atoms with E-state index in [0.717, 1.165) is 41.5 Å². The fourth-order valence-electron chi connectivity index (χ4n) is 3.52. The number of aromatic nitrogens is 2. The first-order valence-electron chi connectivity index (χ1n) is 9.47. The number of aromatic carboxylic acids is 1. The maximum Gasteiger partial charge on any atom is 0.354 e. The topological polar surface area (TPSA) is 72.3 Å². The van der Waals surface area contributed by atoms with Crippen molar-refractivity contribution < 1.29 is 19.0 Å². The largest absolute Gasteiger partial charge is 0.488 e. The lowest BCUT2D eigenvalue weighted by Gasteiger charge is -2.15. The Morgan fingerprint density at radius 2 is 1.87 bits per heavy atom. The van der Waals surface area contributed by atoms with Crippen LogP contribution in [0.1, 0.15) is 46.7 Å². The highest BCUT2D eigenvalue weighted by atomic mass is 35.5. The van der Waals surface area contributed by atoms with Crippen molar-refractivity contribution in [3.05, 3.63) is 88.2 Å². The lowest BCUT2D eigenvalue weighted by molar-refractivity contribution is 0.0690. The molecule has 1 heterocycles. The van der Waals surface area contributed by atoms with Gasteiger partial charge in [-0.1, -0.05) is 23.7 Å². The third kappa shape index (κ3) is 4.33. The summed E-state index contributed by atoms with van der Waals surface area (Å²) in [4.78, 5) is 19.8. The molecule has 1 N–H and O–H groups in total. The Balaban J connectivity index is 1.70. The van der Waals surface area contributed by atoms with Crippen molar-refractivity contribution in [1.82, 2.24) is 9.97 Å². The summed E-state index contributed by atoms with van der Waals surface area (Å²) in [7, 11) is 0. The highest BCUT2D eigenvalue weighted by molar-refractivity contribution is 6.30. The van der Waals surface area contributed by atoms with E-state index in [1.807, 2.05) is 6.07 Å². The number of carbonyl (C=O) groups is 1. The number of nitrogens with zero attached hydrogens (tertiary/aromatic N) is 2. The Labute approximate surface area is 177 Å². The van der Waals surface area contributed by atoms with Gasteiger partial charge in [-0.25, -0.2) is 19.2 Å². The molecular formula is C23H18ClFN2O3. The molecule has 0 saturated carbocycles. The van der Waals surface area contributed by atoms with Crippen LogP contribution in [0.15, 0.2) is 54.7 Å². The molecule has 0 aliphatic heterocycles. The zero-order valence-electron chi connectivity index (χ0n) is 15.9. The average Bonchev–Trinajstić information content (AvgIpc) is 3.24. The van der Waals surface area contributed by atoms with Gasteiger partial charge in [0, 0.05) is 22.4 Å². The van der Waals surface area contributed by atoms with Crippen LogP contribution in [0.5, 0.6) is 5.75 Å². The minimum absolute atomic E-state index is 0.0439. The van der Waals surface area contributed by atoms with Crippen LogP contribution in [0.25, 0.3) is 11.1 Å². The molecule has 0 radical (unpaired) electrons. The van der Waals surface area contributed by atoms with E-state index in [0.29, 0.717) is 16.6 Å². The summed E-state index contributed by atoms with van der Waals surface area (Å²) < 4.78 is 19.2. The number of halogens is 2. The first kappa shape index (κ1) is 20.0. The van der Waals surface area contributed by atoms with Gasteiger partial charge in [0.1, 0.15) is 18.2 Å². The number of ether oxygens (including phenoxy) is 1. The number of carboxylic acid groups (broad SMARTS) is 1. The zero-order valence-corrected chi connectivity index (χ0v) is 16.7. The van der Waals surface area contributed by atoms with Crippen LogP contribution in [0.4, 0.5) is 4.39 Å². The van der Waals surface area contributed by atoms with Crippen LogP contribution in [0.2, 0.25) is 5.02 Å². The molecule has 0 bridgehead atoms. The molecule has 1 aromatic heterocycles. The summed E-state index contributed by atoms with van der Waals surface area (Å²) in [6.07, 6.45) is 3.87. The van der Waals surface area contributed by atoms with Crippen LogP contribution in [-0.4, -0.2) is 21.0 Å². The Morgan fingerprint density at radius 1 is 1.10 bits per heavy atom. The second-order valence-corrected chi connectivity index (χ2v) is 7.37. The van der Waals surface area contributed by atoms with E-state index in [4.69, 9.17) is 16.3 Å². The van der Waals surface area contributed by atoms with E-state index in [-0.39, 0.29) is 18.1 Å². The first-order valence-corrected chi connectivity index (χ1v) is 9.85. The number of benzene rings is 2.